The number of hydrogen-bond acceptors (Lipinski definition) is 1. The second kappa shape index (κ2) is 6.53. The first-order chi connectivity index (χ1) is 9.30. The molecule has 0 spiro atoms. The van der Waals surface area contributed by atoms with Crippen molar-refractivity contribution in [1.29, 1.82) is 0 Å². The Morgan fingerprint density at radius 2 is 1.32 bits per heavy atom. The molecule has 0 saturated heterocycles. The first kappa shape index (κ1) is 13.8. The Balaban J connectivity index is 2.16. The zero-order valence-corrected chi connectivity index (χ0v) is 11.8. The average molecular weight is 254 g/mol. The summed E-state index contributed by atoms with van der Waals surface area (Å²) in [5.74, 6) is 0. The Bertz CT molecular complexity index is 472. The molecule has 0 bridgehead atoms. The van der Waals surface area contributed by atoms with Gasteiger partial charge in [-0.15, -0.1) is 0 Å². The van der Waals surface area contributed by atoms with Crippen molar-refractivity contribution >= 4 is 0 Å². The third-order valence-corrected chi connectivity index (χ3v) is 3.80. The monoisotopic (exact) mass is 254 g/mol. The van der Waals surface area contributed by atoms with E-state index in [4.69, 9.17) is 4.74 Å². The minimum absolute atomic E-state index is 0.170. The van der Waals surface area contributed by atoms with Gasteiger partial charge in [0.1, 0.15) is 0 Å². The van der Waals surface area contributed by atoms with Crippen LogP contribution in [-0.4, -0.2) is 0 Å². The van der Waals surface area contributed by atoms with Crippen LogP contribution in [0, 0.1) is 0 Å². The summed E-state index contributed by atoms with van der Waals surface area (Å²) in [5, 5.41) is 0. The van der Waals surface area contributed by atoms with Gasteiger partial charge >= 0.3 is 0 Å². The van der Waals surface area contributed by atoms with Crippen molar-refractivity contribution < 1.29 is 4.74 Å². The van der Waals surface area contributed by atoms with Crippen LogP contribution in [0.5, 0.6) is 0 Å². The van der Waals surface area contributed by atoms with Crippen molar-refractivity contribution in [2.24, 2.45) is 0 Å². The Kier molecular flexibility index (Phi) is 4.75. The summed E-state index contributed by atoms with van der Waals surface area (Å²) in [6.07, 6.45) is 1.97. The molecule has 0 atom stereocenters. The fraction of sp³-hybridized carbons (Fsp3) is 0.333. The van der Waals surface area contributed by atoms with Gasteiger partial charge in [-0.25, -0.2) is 0 Å². The lowest BCUT2D eigenvalue weighted by Gasteiger charge is -2.32. The first-order valence-electron chi connectivity index (χ1n) is 7.04. The molecular weight excluding hydrogens is 232 g/mol. The van der Waals surface area contributed by atoms with Gasteiger partial charge in [0.2, 0.25) is 0 Å². The minimum Gasteiger partial charge on any atom is -0.366 e. The molecule has 0 aliphatic carbocycles. The van der Waals surface area contributed by atoms with E-state index in [0.717, 1.165) is 12.8 Å². The summed E-state index contributed by atoms with van der Waals surface area (Å²) in [4.78, 5) is 0. The van der Waals surface area contributed by atoms with Crippen LogP contribution in [0.15, 0.2) is 60.7 Å². The van der Waals surface area contributed by atoms with Gasteiger partial charge < -0.3 is 4.74 Å². The lowest BCUT2D eigenvalue weighted by atomic mass is 9.88. The van der Waals surface area contributed by atoms with Crippen molar-refractivity contribution in [3.05, 3.63) is 71.8 Å². The van der Waals surface area contributed by atoms with Crippen LogP contribution in [0.25, 0.3) is 0 Å². The fourth-order valence-electron chi connectivity index (χ4n) is 2.48. The van der Waals surface area contributed by atoms with Crippen LogP contribution in [0.2, 0.25) is 0 Å². The molecule has 0 unspecified atom stereocenters. The van der Waals surface area contributed by atoms with Crippen LogP contribution in [-0.2, 0) is 16.9 Å². The van der Waals surface area contributed by atoms with Crippen LogP contribution in [0.1, 0.15) is 37.8 Å². The van der Waals surface area contributed by atoms with Gasteiger partial charge in [0.05, 0.1) is 12.2 Å². The molecule has 19 heavy (non-hydrogen) atoms. The summed E-state index contributed by atoms with van der Waals surface area (Å²) >= 11 is 0. The van der Waals surface area contributed by atoms with Crippen molar-refractivity contribution in [3.63, 3.8) is 0 Å². The zero-order valence-electron chi connectivity index (χ0n) is 11.8. The minimum atomic E-state index is -0.170. The van der Waals surface area contributed by atoms with E-state index in [1.54, 1.807) is 0 Å². The molecule has 0 aromatic heterocycles. The van der Waals surface area contributed by atoms with Crippen molar-refractivity contribution in [3.8, 4) is 0 Å². The lowest BCUT2D eigenvalue weighted by molar-refractivity contribution is -0.0681. The number of hydrogen-bond donors (Lipinski definition) is 0. The molecule has 1 nitrogen and oxygen atoms in total. The van der Waals surface area contributed by atoms with E-state index in [0.29, 0.717) is 6.61 Å². The molecule has 2 rings (SSSR count). The standard InChI is InChI=1S/C18H22O/c1-3-18(4-2,17-13-9-6-10-14-17)19-15-16-11-7-5-8-12-16/h5-14H,3-4,15H2,1-2H3. The third-order valence-electron chi connectivity index (χ3n) is 3.80. The van der Waals surface area contributed by atoms with Crippen molar-refractivity contribution in [2.75, 3.05) is 0 Å². The third kappa shape index (κ3) is 3.24. The van der Waals surface area contributed by atoms with Crippen molar-refractivity contribution in [1.82, 2.24) is 0 Å². The van der Waals surface area contributed by atoms with Gasteiger partial charge in [-0.05, 0) is 24.0 Å². The highest BCUT2D eigenvalue weighted by Gasteiger charge is 2.28. The van der Waals surface area contributed by atoms with Crippen LogP contribution < -0.4 is 0 Å². The van der Waals surface area contributed by atoms with E-state index in [1.165, 1.54) is 11.1 Å². The highest BCUT2D eigenvalue weighted by atomic mass is 16.5. The fourth-order valence-corrected chi connectivity index (χ4v) is 2.48. The molecule has 2 aromatic carbocycles. The SMILES string of the molecule is CCC(CC)(OCc1ccccc1)c1ccccc1. The Morgan fingerprint density at radius 1 is 0.789 bits per heavy atom. The molecule has 0 aliphatic heterocycles. The summed E-state index contributed by atoms with van der Waals surface area (Å²) in [6.45, 7) is 5.06. The van der Waals surface area contributed by atoms with Gasteiger partial charge in [0.25, 0.3) is 0 Å². The summed E-state index contributed by atoms with van der Waals surface area (Å²) in [7, 11) is 0. The first-order valence-corrected chi connectivity index (χ1v) is 7.04. The normalized spacial score (nSPS) is 11.5. The van der Waals surface area contributed by atoms with Gasteiger partial charge in [0.15, 0.2) is 0 Å². The van der Waals surface area contributed by atoms with Crippen LogP contribution in [0.3, 0.4) is 0 Å². The molecule has 0 heterocycles. The molecule has 0 fully saturated rings. The maximum Gasteiger partial charge on any atom is 0.0930 e. The maximum atomic E-state index is 6.30. The number of benzene rings is 2. The van der Waals surface area contributed by atoms with E-state index in [9.17, 15) is 0 Å². The highest BCUT2D eigenvalue weighted by Crippen LogP contribution is 2.33. The summed E-state index contributed by atoms with van der Waals surface area (Å²) in [5.41, 5.74) is 2.33. The molecule has 2 aromatic rings. The second-order valence-corrected chi connectivity index (χ2v) is 4.84. The number of rotatable bonds is 6. The van der Waals surface area contributed by atoms with Crippen LogP contribution >= 0.6 is 0 Å². The molecule has 100 valence electrons. The van der Waals surface area contributed by atoms with Crippen molar-refractivity contribution in [2.45, 2.75) is 38.9 Å². The van der Waals surface area contributed by atoms with Gasteiger partial charge in [0, 0.05) is 0 Å². The quantitative estimate of drug-likeness (QED) is 0.711. The van der Waals surface area contributed by atoms with Crippen LogP contribution in [0.4, 0.5) is 0 Å². The summed E-state index contributed by atoms with van der Waals surface area (Å²) in [6, 6.07) is 20.9. The molecule has 0 amide bonds. The molecule has 1 heteroatoms. The second-order valence-electron chi connectivity index (χ2n) is 4.84. The van der Waals surface area contributed by atoms with E-state index in [2.05, 4.69) is 68.4 Å². The largest absolute Gasteiger partial charge is 0.366 e. The van der Waals surface area contributed by atoms with E-state index >= 15 is 0 Å². The zero-order chi connectivity index (χ0) is 13.6. The topological polar surface area (TPSA) is 9.23 Å². The molecule has 0 N–H and O–H groups in total. The lowest BCUT2D eigenvalue weighted by Crippen LogP contribution is -2.28. The molecular formula is C18H22O. The van der Waals surface area contributed by atoms with Gasteiger partial charge in [-0.2, -0.15) is 0 Å². The average Bonchev–Trinajstić information content (AvgIpc) is 2.51. The Labute approximate surface area is 116 Å². The molecule has 0 saturated carbocycles. The van der Waals surface area contributed by atoms with Gasteiger partial charge in [-0.3, -0.25) is 0 Å². The van der Waals surface area contributed by atoms with Gasteiger partial charge in [-0.1, -0.05) is 74.5 Å². The van der Waals surface area contributed by atoms with E-state index < -0.39 is 0 Å². The summed E-state index contributed by atoms with van der Waals surface area (Å²) < 4.78 is 6.30. The van der Waals surface area contributed by atoms with E-state index in [1.807, 2.05) is 6.07 Å². The predicted molar refractivity (Wildman–Crippen MR) is 79.9 cm³/mol. The highest BCUT2D eigenvalue weighted by molar-refractivity contribution is 5.23. The predicted octanol–water partition coefficient (Wildman–Crippen LogP) is 4.92. The Morgan fingerprint density at radius 3 is 1.84 bits per heavy atom. The smallest absolute Gasteiger partial charge is 0.0930 e. The Hall–Kier alpha value is -1.60. The maximum absolute atomic E-state index is 6.30. The molecule has 0 aliphatic rings. The number of ether oxygens (including phenoxy) is 1. The van der Waals surface area contributed by atoms with E-state index in [-0.39, 0.29) is 5.60 Å². The molecule has 0 radical (unpaired) electrons.